The minimum absolute atomic E-state index is 0. The first kappa shape index (κ1) is 21.2. The van der Waals surface area contributed by atoms with Crippen LogP contribution in [0.15, 0.2) is 45.6 Å². The lowest BCUT2D eigenvalue weighted by molar-refractivity contribution is 0.0939. The van der Waals surface area contributed by atoms with Crippen LogP contribution in [0.3, 0.4) is 0 Å². The van der Waals surface area contributed by atoms with Crippen molar-refractivity contribution in [3.8, 4) is 0 Å². The fourth-order valence-corrected chi connectivity index (χ4v) is 3.41. The number of amides is 1. The number of benzene rings is 1. The molecule has 27 heavy (non-hydrogen) atoms. The maximum atomic E-state index is 12.4. The first-order valence-corrected chi connectivity index (χ1v) is 9.30. The predicted molar refractivity (Wildman–Crippen MR) is 109 cm³/mol. The summed E-state index contributed by atoms with van der Waals surface area (Å²) in [6.07, 6.45) is 3.65. The SMILES string of the molecule is Cc1cc(CCc2ccccc2)oc(=O)c1C(=O)NCC1CCCNC1.Cl. The first-order chi connectivity index (χ1) is 12.6. The van der Waals surface area contributed by atoms with Gasteiger partial charge in [-0.25, -0.2) is 4.79 Å². The Morgan fingerprint density at radius 2 is 2.04 bits per heavy atom. The highest BCUT2D eigenvalue weighted by Crippen LogP contribution is 2.12. The summed E-state index contributed by atoms with van der Waals surface area (Å²) in [6.45, 7) is 4.32. The Morgan fingerprint density at radius 1 is 1.26 bits per heavy atom. The number of nitrogens with one attached hydrogen (secondary N) is 2. The largest absolute Gasteiger partial charge is 0.427 e. The summed E-state index contributed by atoms with van der Waals surface area (Å²) in [6, 6.07) is 11.9. The number of hydrogen-bond donors (Lipinski definition) is 2. The summed E-state index contributed by atoms with van der Waals surface area (Å²) in [7, 11) is 0. The van der Waals surface area contributed by atoms with E-state index in [2.05, 4.69) is 10.6 Å². The van der Waals surface area contributed by atoms with Gasteiger partial charge in [0.1, 0.15) is 11.3 Å². The number of hydrogen-bond acceptors (Lipinski definition) is 4. The van der Waals surface area contributed by atoms with E-state index >= 15 is 0 Å². The van der Waals surface area contributed by atoms with E-state index in [1.54, 1.807) is 13.0 Å². The minimum Gasteiger partial charge on any atom is -0.427 e. The van der Waals surface area contributed by atoms with Crippen molar-refractivity contribution in [3.63, 3.8) is 0 Å². The zero-order valence-electron chi connectivity index (χ0n) is 15.6. The number of piperidine rings is 1. The molecular formula is C21H27ClN2O3. The van der Waals surface area contributed by atoms with E-state index in [4.69, 9.17) is 4.42 Å². The van der Waals surface area contributed by atoms with E-state index in [0.717, 1.165) is 32.4 Å². The van der Waals surface area contributed by atoms with E-state index in [1.165, 1.54) is 5.56 Å². The molecule has 1 aliphatic rings. The standard InChI is InChI=1S/C21H26N2O3.ClH/c1-15-12-18(10-9-16-6-3-2-4-7-16)26-21(25)19(15)20(24)23-14-17-8-5-11-22-13-17;/h2-4,6-7,12,17,22H,5,8-11,13-14H2,1H3,(H,23,24);1H. The van der Waals surface area contributed by atoms with Gasteiger partial charge in [-0.1, -0.05) is 30.3 Å². The molecule has 3 rings (SSSR count). The monoisotopic (exact) mass is 390 g/mol. The Hall–Kier alpha value is -2.11. The van der Waals surface area contributed by atoms with E-state index in [0.29, 0.717) is 30.2 Å². The molecule has 0 radical (unpaired) electrons. The normalized spacial score (nSPS) is 16.4. The summed E-state index contributed by atoms with van der Waals surface area (Å²) in [5, 5.41) is 6.21. The molecule has 1 fully saturated rings. The third kappa shape index (κ3) is 5.94. The van der Waals surface area contributed by atoms with Gasteiger partial charge in [0.15, 0.2) is 0 Å². The third-order valence-electron chi connectivity index (χ3n) is 4.88. The Bertz CT molecular complexity index is 799. The van der Waals surface area contributed by atoms with Crippen LogP contribution < -0.4 is 16.3 Å². The second kappa shape index (κ2) is 10.3. The highest BCUT2D eigenvalue weighted by molar-refractivity contribution is 5.95. The average molecular weight is 391 g/mol. The molecule has 0 aliphatic carbocycles. The molecule has 2 N–H and O–H groups in total. The smallest absolute Gasteiger partial charge is 0.349 e. The van der Waals surface area contributed by atoms with Gasteiger partial charge in [0.25, 0.3) is 5.91 Å². The van der Waals surface area contributed by atoms with E-state index in [-0.39, 0.29) is 23.9 Å². The molecule has 1 saturated heterocycles. The molecule has 5 nitrogen and oxygen atoms in total. The van der Waals surface area contributed by atoms with Crippen molar-refractivity contribution in [2.75, 3.05) is 19.6 Å². The van der Waals surface area contributed by atoms with Gasteiger partial charge in [0, 0.05) is 13.0 Å². The molecule has 1 atom stereocenters. The van der Waals surface area contributed by atoms with Crippen LogP contribution in [0.2, 0.25) is 0 Å². The van der Waals surface area contributed by atoms with E-state index < -0.39 is 5.63 Å². The molecule has 1 aromatic carbocycles. The summed E-state index contributed by atoms with van der Waals surface area (Å²) < 4.78 is 5.40. The second-order valence-corrected chi connectivity index (χ2v) is 6.97. The zero-order valence-corrected chi connectivity index (χ0v) is 16.4. The molecule has 2 aromatic rings. The molecule has 1 aliphatic heterocycles. The molecule has 0 bridgehead atoms. The number of aryl methyl sites for hydroxylation is 3. The lowest BCUT2D eigenvalue weighted by Crippen LogP contribution is -2.39. The van der Waals surface area contributed by atoms with Gasteiger partial charge in [-0.2, -0.15) is 0 Å². The van der Waals surface area contributed by atoms with Crippen molar-refractivity contribution < 1.29 is 9.21 Å². The van der Waals surface area contributed by atoms with Gasteiger partial charge in [-0.3, -0.25) is 4.79 Å². The molecule has 0 saturated carbocycles. The molecule has 0 spiro atoms. The Kier molecular flexibility index (Phi) is 8.07. The molecule has 1 unspecified atom stereocenters. The van der Waals surface area contributed by atoms with Crippen LogP contribution in [0.1, 0.15) is 40.1 Å². The van der Waals surface area contributed by atoms with Crippen LogP contribution in [-0.2, 0) is 12.8 Å². The lowest BCUT2D eigenvalue weighted by atomic mass is 9.99. The summed E-state index contributed by atoms with van der Waals surface area (Å²) in [4.78, 5) is 24.8. The summed E-state index contributed by atoms with van der Waals surface area (Å²) in [5.41, 5.74) is 1.43. The topological polar surface area (TPSA) is 71.3 Å². The lowest BCUT2D eigenvalue weighted by Gasteiger charge is -2.22. The van der Waals surface area contributed by atoms with Gasteiger partial charge in [-0.05, 0) is 62.4 Å². The van der Waals surface area contributed by atoms with Gasteiger partial charge in [-0.15, -0.1) is 12.4 Å². The summed E-state index contributed by atoms with van der Waals surface area (Å²) >= 11 is 0. The molecule has 1 aromatic heterocycles. The van der Waals surface area contributed by atoms with Crippen molar-refractivity contribution in [1.82, 2.24) is 10.6 Å². The summed E-state index contributed by atoms with van der Waals surface area (Å²) in [5.74, 6) is 0.700. The number of carbonyl (C=O) groups is 1. The first-order valence-electron chi connectivity index (χ1n) is 9.30. The maximum Gasteiger partial charge on any atom is 0.349 e. The molecule has 1 amide bonds. The fourth-order valence-electron chi connectivity index (χ4n) is 3.41. The van der Waals surface area contributed by atoms with Crippen molar-refractivity contribution in [2.45, 2.75) is 32.6 Å². The number of carbonyl (C=O) groups excluding carboxylic acids is 1. The van der Waals surface area contributed by atoms with Crippen molar-refractivity contribution in [2.24, 2.45) is 5.92 Å². The maximum absolute atomic E-state index is 12.4. The van der Waals surface area contributed by atoms with Crippen LogP contribution in [0.4, 0.5) is 0 Å². The Morgan fingerprint density at radius 3 is 2.70 bits per heavy atom. The van der Waals surface area contributed by atoms with Crippen molar-refractivity contribution in [3.05, 3.63) is 69.3 Å². The van der Waals surface area contributed by atoms with Gasteiger partial charge >= 0.3 is 5.63 Å². The van der Waals surface area contributed by atoms with Crippen LogP contribution in [0, 0.1) is 12.8 Å². The molecule has 6 heteroatoms. The van der Waals surface area contributed by atoms with Gasteiger partial charge in [0.05, 0.1) is 0 Å². The van der Waals surface area contributed by atoms with Crippen LogP contribution in [-0.4, -0.2) is 25.5 Å². The van der Waals surface area contributed by atoms with Crippen molar-refractivity contribution in [1.29, 1.82) is 0 Å². The predicted octanol–water partition coefficient (Wildman–Crippen LogP) is 2.88. The van der Waals surface area contributed by atoms with Crippen LogP contribution in [0.5, 0.6) is 0 Å². The van der Waals surface area contributed by atoms with Gasteiger partial charge < -0.3 is 15.1 Å². The molecular weight excluding hydrogens is 364 g/mol. The second-order valence-electron chi connectivity index (χ2n) is 6.97. The quantitative estimate of drug-likeness (QED) is 0.795. The highest BCUT2D eigenvalue weighted by atomic mass is 35.5. The van der Waals surface area contributed by atoms with E-state index in [1.807, 2.05) is 30.3 Å². The number of rotatable bonds is 6. The van der Waals surface area contributed by atoms with Crippen molar-refractivity contribution >= 4 is 18.3 Å². The van der Waals surface area contributed by atoms with Crippen LogP contribution in [0.25, 0.3) is 0 Å². The Labute approximate surface area is 166 Å². The third-order valence-corrected chi connectivity index (χ3v) is 4.88. The van der Waals surface area contributed by atoms with Crippen LogP contribution >= 0.6 is 12.4 Å². The van der Waals surface area contributed by atoms with E-state index in [9.17, 15) is 9.59 Å². The average Bonchev–Trinajstić information content (AvgIpc) is 2.66. The van der Waals surface area contributed by atoms with Gasteiger partial charge in [0.2, 0.25) is 0 Å². The number of halogens is 1. The molecule has 2 heterocycles. The Balaban J connectivity index is 0.00000261. The fraction of sp³-hybridized carbons (Fsp3) is 0.429. The molecule has 146 valence electrons. The minimum atomic E-state index is -0.549. The zero-order chi connectivity index (χ0) is 18.4. The highest BCUT2D eigenvalue weighted by Gasteiger charge is 2.19.